The molecule has 51 heavy (non-hydrogen) atoms. The Morgan fingerprint density at radius 3 is 1.94 bits per heavy atom. The molecule has 0 aliphatic heterocycles. The van der Waals surface area contributed by atoms with Gasteiger partial charge in [-0.2, -0.15) is 0 Å². The van der Waals surface area contributed by atoms with Gasteiger partial charge in [-0.3, -0.25) is 9.78 Å². The van der Waals surface area contributed by atoms with Crippen molar-refractivity contribution in [1.82, 2.24) is 9.97 Å². The molecule has 2 heterocycles. The first-order valence-corrected chi connectivity index (χ1v) is 22.7. The number of benzene rings is 3. The summed E-state index contributed by atoms with van der Waals surface area (Å²) in [4.78, 5) is 21.8. The maximum atomic E-state index is 12.3. The molecule has 0 fully saturated rings. The zero-order valence-electron chi connectivity index (χ0n) is 33.2. The van der Waals surface area contributed by atoms with E-state index in [9.17, 15) is 9.90 Å². The Labute approximate surface area is 326 Å². The Hall–Kier alpha value is -2.70. The summed E-state index contributed by atoms with van der Waals surface area (Å²) in [6.45, 7) is 30.4. The fraction of sp³-hybridized carbons (Fsp3) is 0.477. The second kappa shape index (κ2) is 17.4. The SMILES string of the molecule is CC(C)C(C(=O)/C=C(\O)C(C(C)C)C(C)C)C(C)C.Cc1ccc2c(C(C)C)cc(-c3ncnc4c3sc3cc([Si](C)(C)C)ccc34)[c-]c2c1.[Ir]. The van der Waals surface area contributed by atoms with Gasteiger partial charge in [-0.15, -0.1) is 40.5 Å². The van der Waals surface area contributed by atoms with Gasteiger partial charge in [-0.25, -0.2) is 4.98 Å². The molecule has 2 aromatic heterocycles. The summed E-state index contributed by atoms with van der Waals surface area (Å²) < 4.78 is 2.46. The average molecular weight is 900 g/mol. The van der Waals surface area contributed by atoms with Crippen LogP contribution in [0.15, 0.2) is 60.6 Å². The smallest absolute Gasteiger partial charge is 0.162 e. The van der Waals surface area contributed by atoms with Crippen molar-refractivity contribution in [3.05, 3.63) is 77.8 Å². The quantitative estimate of drug-likeness (QED) is 0.0656. The molecule has 0 unspecified atom stereocenters. The number of aromatic nitrogens is 2. The Morgan fingerprint density at radius 1 is 0.804 bits per heavy atom. The summed E-state index contributed by atoms with van der Waals surface area (Å²) in [6, 6.07) is 19.5. The number of carbonyl (C=O) groups excluding carboxylic acids is 1. The predicted octanol–water partition coefficient (Wildman–Crippen LogP) is 12.3. The Bertz CT molecular complexity index is 1990. The number of allylic oxidation sites excluding steroid dienone is 2. The van der Waals surface area contributed by atoms with Crippen LogP contribution >= 0.6 is 11.3 Å². The van der Waals surface area contributed by atoms with Gasteiger partial charge < -0.3 is 5.11 Å². The van der Waals surface area contributed by atoms with Gasteiger partial charge in [-0.1, -0.05) is 135 Å². The summed E-state index contributed by atoms with van der Waals surface area (Å²) >= 11 is 1.81. The summed E-state index contributed by atoms with van der Waals surface area (Å²) in [5.41, 5.74) is 5.70. The molecule has 0 saturated heterocycles. The molecule has 277 valence electrons. The number of ketones is 1. The van der Waals surface area contributed by atoms with Crippen LogP contribution < -0.4 is 5.19 Å². The molecule has 3 aromatic carbocycles. The van der Waals surface area contributed by atoms with Crippen LogP contribution in [0.5, 0.6) is 0 Å². The molecule has 0 aliphatic rings. The predicted molar refractivity (Wildman–Crippen MR) is 221 cm³/mol. The van der Waals surface area contributed by atoms with E-state index in [1.165, 1.54) is 37.9 Å². The Kier molecular flexibility index (Phi) is 14.6. The minimum Gasteiger partial charge on any atom is -0.512 e. The number of rotatable bonds is 10. The van der Waals surface area contributed by atoms with Gasteiger partial charge in [0.1, 0.15) is 6.33 Å². The van der Waals surface area contributed by atoms with Gasteiger partial charge >= 0.3 is 0 Å². The molecule has 0 atom stereocenters. The van der Waals surface area contributed by atoms with Crippen LogP contribution in [0.3, 0.4) is 0 Å². The molecule has 4 nitrogen and oxygen atoms in total. The molecular weight excluding hydrogens is 841 g/mol. The van der Waals surface area contributed by atoms with E-state index in [0.29, 0.717) is 29.6 Å². The first-order chi connectivity index (χ1) is 23.3. The summed E-state index contributed by atoms with van der Waals surface area (Å²) in [5.74, 6) is 2.06. The zero-order valence-corrected chi connectivity index (χ0v) is 37.4. The maximum absolute atomic E-state index is 12.3. The van der Waals surface area contributed by atoms with E-state index < -0.39 is 8.07 Å². The number of aryl methyl sites for hydroxylation is 1. The standard InChI is InChI=1S/C27H27N2SSi.C17H32O2.Ir/c1-16(2)23-13-19(12-18-11-17(3)7-9-21(18)23)25-27-26(29-15-28-25)22-10-8-20(31(4,5)6)14-24(22)30-27;1-10(2)16(11(3)4)14(18)9-15(19)17(12(5)6)13(7)8;/h7-11,13-16H,1-6H3;9-13,16-18H,1-8H3;/q-1;;/b;14-9-;. The number of hydrogen-bond donors (Lipinski definition) is 1. The third-order valence-corrected chi connectivity index (χ3v) is 13.1. The number of aliphatic hydroxyl groups excluding tert-OH is 1. The fourth-order valence-corrected chi connectivity index (χ4v) is 9.95. The van der Waals surface area contributed by atoms with Gasteiger partial charge in [0.2, 0.25) is 0 Å². The normalized spacial score (nSPS) is 12.7. The second-order valence-electron chi connectivity index (χ2n) is 16.8. The molecule has 0 bridgehead atoms. The van der Waals surface area contributed by atoms with Crippen molar-refractivity contribution in [2.75, 3.05) is 0 Å². The summed E-state index contributed by atoms with van der Waals surface area (Å²) in [5, 5.41) is 15.4. The minimum atomic E-state index is -1.37. The second-order valence-corrected chi connectivity index (χ2v) is 22.9. The first-order valence-electron chi connectivity index (χ1n) is 18.4. The third kappa shape index (κ3) is 9.84. The van der Waals surface area contributed by atoms with E-state index in [-0.39, 0.29) is 43.5 Å². The van der Waals surface area contributed by atoms with Gasteiger partial charge in [-0.05, 0) is 42.6 Å². The van der Waals surface area contributed by atoms with Gasteiger partial charge in [0.25, 0.3) is 0 Å². The van der Waals surface area contributed by atoms with Crippen molar-refractivity contribution in [3.8, 4) is 11.3 Å². The Morgan fingerprint density at radius 2 is 1.39 bits per heavy atom. The molecule has 0 aliphatic carbocycles. The van der Waals surface area contributed by atoms with E-state index in [1.807, 2.05) is 11.3 Å². The van der Waals surface area contributed by atoms with Crippen molar-refractivity contribution < 1.29 is 30.0 Å². The van der Waals surface area contributed by atoms with Crippen molar-refractivity contribution in [2.24, 2.45) is 35.5 Å². The number of nitrogens with zero attached hydrogens (tertiary/aromatic N) is 2. The molecule has 1 radical (unpaired) electrons. The molecule has 0 spiro atoms. The van der Waals surface area contributed by atoms with Crippen LogP contribution in [0.25, 0.3) is 42.3 Å². The maximum Gasteiger partial charge on any atom is 0.162 e. The average Bonchev–Trinajstić information content (AvgIpc) is 3.37. The number of aliphatic hydroxyl groups is 1. The van der Waals surface area contributed by atoms with Gasteiger partial charge in [0, 0.05) is 58.5 Å². The number of carbonyl (C=O) groups is 1. The van der Waals surface area contributed by atoms with Crippen LogP contribution in [0, 0.1) is 48.5 Å². The van der Waals surface area contributed by atoms with Gasteiger partial charge in [0.15, 0.2) is 5.78 Å². The van der Waals surface area contributed by atoms with Crippen LogP contribution in [-0.4, -0.2) is 28.9 Å². The van der Waals surface area contributed by atoms with Crippen molar-refractivity contribution >= 4 is 61.5 Å². The number of hydrogen-bond acceptors (Lipinski definition) is 5. The van der Waals surface area contributed by atoms with E-state index in [2.05, 4.69) is 149 Å². The van der Waals surface area contributed by atoms with Crippen LogP contribution in [0.4, 0.5) is 0 Å². The van der Waals surface area contributed by atoms with Gasteiger partial charge in [0.05, 0.1) is 19.3 Å². The molecule has 0 saturated carbocycles. The van der Waals surface area contributed by atoms with Crippen LogP contribution in [0.2, 0.25) is 19.6 Å². The van der Waals surface area contributed by atoms with E-state index >= 15 is 0 Å². The molecule has 5 aromatic rings. The van der Waals surface area contributed by atoms with E-state index in [4.69, 9.17) is 4.98 Å². The van der Waals surface area contributed by atoms with Crippen LogP contribution in [0.1, 0.15) is 86.3 Å². The molecule has 5 rings (SSSR count). The Balaban J connectivity index is 0.000000306. The molecular formula is C44H59IrN2O2SSi-. The van der Waals surface area contributed by atoms with E-state index in [1.54, 1.807) is 6.33 Å². The van der Waals surface area contributed by atoms with Crippen molar-refractivity contribution in [1.29, 1.82) is 0 Å². The number of thiophene rings is 1. The van der Waals surface area contributed by atoms with Crippen molar-refractivity contribution in [3.63, 3.8) is 0 Å². The molecule has 0 amide bonds. The third-order valence-electron chi connectivity index (χ3n) is 9.88. The number of fused-ring (bicyclic) bond motifs is 4. The molecule has 1 N–H and O–H groups in total. The molecule has 7 heteroatoms. The van der Waals surface area contributed by atoms with Crippen LogP contribution in [-0.2, 0) is 24.9 Å². The monoisotopic (exact) mass is 900 g/mol. The summed E-state index contributed by atoms with van der Waals surface area (Å²) in [6.07, 6.45) is 3.19. The van der Waals surface area contributed by atoms with E-state index in [0.717, 1.165) is 26.9 Å². The topological polar surface area (TPSA) is 63.1 Å². The zero-order chi connectivity index (χ0) is 37.2. The fourth-order valence-electron chi connectivity index (χ4n) is 7.48. The minimum absolute atomic E-state index is 0. The first kappa shape index (κ1) is 42.7. The summed E-state index contributed by atoms with van der Waals surface area (Å²) in [7, 11) is -1.37. The van der Waals surface area contributed by atoms with Crippen molar-refractivity contribution in [2.45, 2.75) is 102 Å². The largest absolute Gasteiger partial charge is 0.512 e.